The second-order valence-electron chi connectivity index (χ2n) is 7.48. The summed E-state index contributed by atoms with van der Waals surface area (Å²) < 4.78 is 5.39. The molecule has 29 heavy (non-hydrogen) atoms. The van der Waals surface area contributed by atoms with Gasteiger partial charge in [0.2, 0.25) is 5.91 Å². The summed E-state index contributed by atoms with van der Waals surface area (Å²) >= 11 is 0. The van der Waals surface area contributed by atoms with Crippen molar-refractivity contribution < 1.29 is 19.5 Å². The maximum atomic E-state index is 12.0. The number of morpholine rings is 1. The van der Waals surface area contributed by atoms with Crippen molar-refractivity contribution in [2.75, 3.05) is 39.4 Å². The number of rotatable bonds is 5. The topological polar surface area (TPSA) is 73.3 Å². The molecule has 0 aromatic heterocycles. The monoisotopic (exact) mass is 395 g/mol. The predicted molar refractivity (Wildman–Crippen MR) is 107 cm³/mol. The molecule has 2 amide bonds. The van der Waals surface area contributed by atoms with Crippen LogP contribution in [-0.2, 0) is 27.4 Å². The van der Waals surface area contributed by atoms with Crippen LogP contribution in [0.25, 0.3) is 11.1 Å². The summed E-state index contributed by atoms with van der Waals surface area (Å²) in [7, 11) is 0. The highest BCUT2D eigenvalue weighted by atomic mass is 16.5. The van der Waals surface area contributed by atoms with Gasteiger partial charge in [-0.3, -0.25) is 19.7 Å². The molecule has 2 fully saturated rings. The Balaban J connectivity index is 1.37. The summed E-state index contributed by atoms with van der Waals surface area (Å²) in [5, 5.41) is 9.81. The Morgan fingerprint density at radius 3 is 1.90 bits per heavy atom. The molecule has 2 aromatic rings. The molecule has 0 bridgehead atoms. The summed E-state index contributed by atoms with van der Waals surface area (Å²) in [5.74, 6) is -0.717. The summed E-state index contributed by atoms with van der Waals surface area (Å²) in [6.45, 7) is 4.48. The van der Waals surface area contributed by atoms with E-state index in [0.717, 1.165) is 49.5 Å². The van der Waals surface area contributed by atoms with Gasteiger partial charge in [-0.25, -0.2) is 5.06 Å². The van der Waals surface area contributed by atoms with E-state index < -0.39 is 5.91 Å². The Labute approximate surface area is 170 Å². The number of hydrogen-bond acceptors (Lipinski definition) is 5. The van der Waals surface area contributed by atoms with Gasteiger partial charge in [-0.05, 0) is 22.3 Å². The number of ether oxygens (including phenoxy) is 1. The number of amides is 2. The van der Waals surface area contributed by atoms with Gasteiger partial charge >= 0.3 is 0 Å². The van der Waals surface area contributed by atoms with Crippen molar-refractivity contribution in [2.45, 2.75) is 13.1 Å². The number of benzene rings is 2. The molecule has 2 heterocycles. The Hall–Kier alpha value is -2.74. The maximum Gasteiger partial charge on any atom is 0.266 e. The van der Waals surface area contributed by atoms with E-state index in [4.69, 9.17) is 4.74 Å². The Bertz CT molecular complexity index is 861. The highest BCUT2D eigenvalue weighted by Crippen LogP contribution is 2.22. The quantitative estimate of drug-likeness (QED) is 0.781. The van der Waals surface area contributed by atoms with Crippen LogP contribution < -0.4 is 0 Å². The molecule has 0 radical (unpaired) electrons. The molecule has 0 spiro atoms. The maximum absolute atomic E-state index is 12.0. The first-order valence-corrected chi connectivity index (χ1v) is 9.84. The lowest BCUT2D eigenvalue weighted by Gasteiger charge is -2.30. The highest BCUT2D eigenvalue weighted by Gasteiger charge is 2.28. The van der Waals surface area contributed by atoms with Crippen LogP contribution in [0.1, 0.15) is 11.1 Å². The molecule has 4 rings (SSSR count). The average molecular weight is 395 g/mol. The van der Waals surface area contributed by atoms with E-state index in [-0.39, 0.29) is 19.0 Å². The van der Waals surface area contributed by atoms with E-state index in [1.54, 1.807) is 0 Å². The summed E-state index contributed by atoms with van der Waals surface area (Å²) in [5.41, 5.74) is 4.49. The van der Waals surface area contributed by atoms with E-state index in [9.17, 15) is 14.8 Å². The van der Waals surface area contributed by atoms with Gasteiger partial charge in [-0.2, -0.15) is 0 Å². The van der Waals surface area contributed by atoms with E-state index in [0.29, 0.717) is 11.6 Å². The first kappa shape index (κ1) is 19.6. The third-order valence-electron chi connectivity index (χ3n) is 5.38. The number of hydrogen-bond donors (Lipinski definition) is 1. The zero-order chi connectivity index (χ0) is 20.2. The van der Waals surface area contributed by atoms with Crippen molar-refractivity contribution >= 4 is 11.8 Å². The van der Waals surface area contributed by atoms with Crippen molar-refractivity contribution in [3.8, 4) is 11.1 Å². The standard InChI is InChI=1S/C22H25N3O4/c26-21-16-25(28)22(27)15-24(21)14-18-3-7-20(8-4-18)19-5-1-17(2-6-19)13-23-9-11-29-12-10-23/h1-8,28H,9-16H2. The zero-order valence-electron chi connectivity index (χ0n) is 16.3. The van der Waals surface area contributed by atoms with E-state index in [2.05, 4.69) is 29.2 Å². The molecule has 2 aromatic carbocycles. The van der Waals surface area contributed by atoms with Crippen molar-refractivity contribution in [1.82, 2.24) is 14.9 Å². The molecule has 7 heteroatoms. The predicted octanol–water partition coefficient (Wildman–Crippen LogP) is 1.75. The Kier molecular flexibility index (Phi) is 5.89. The summed E-state index contributed by atoms with van der Waals surface area (Å²) in [4.78, 5) is 27.4. The smallest absolute Gasteiger partial charge is 0.266 e. The van der Waals surface area contributed by atoms with Gasteiger partial charge < -0.3 is 9.64 Å². The molecule has 0 unspecified atom stereocenters. The minimum Gasteiger partial charge on any atom is -0.379 e. The molecule has 0 aliphatic carbocycles. The second kappa shape index (κ2) is 8.73. The third kappa shape index (κ3) is 4.82. The van der Waals surface area contributed by atoms with Crippen LogP contribution in [0.15, 0.2) is 48.5 Å². The number of hydroxylamine groups is 2. The van der Waals surface area contributed by atoms with Crippen LogP contribution in [0, 0.1) is 0 Å². The van der Waals surface area contributed by atoms with Gasteiger partial charge in [0.1, 0.15) is 13.1 Å². The lowest BCUT2D eigenvalue weighted by Crippen LogP contribution is -2.51. The molecular formula is C22H25N3O4. The zero-order valence-corrected chi connectivity index (χ0v) is 16.3. The fourth-order valence-electron chi connectivity index (χ4n) is 3.64. The Morgan fingerprint density at radius 1 is 0.759 bits per heavy atom. The second-order valence-corrected chi connectivity index (χ2v) is 7.48. The molecule has 1 N–H and O–H groups in total. The molecule has 152 valence electrons. The van der Waals surface area contributed by atoms with E-state index in [1.807, 2.05) is 24.3 Å². The summed E-state index contributed by atoms with van der Waals surface area (Å²) in [6, 6.07) is 16.6. The normalized spacial score (nSPS) is 18.4. The van der Waals surface area contributed by atoms with Crippen LogP contribution in [0.5, 0.6) is 0 Å². The van der Waals surface area contributed by atoms with E-state index in [1.165, 1.54) is 10.5 Å². The van der Waals surface area contributed by atoms with Crippen molar-refractivity contribution in [3.63, 3.8) is 0 Å². The van der Waals surface area contributed by atoms with Crippen LogP contribution in [-0.4, -0.2) is 71.3 Å². The lowest BCUT2D eigenvalue weighted by atomic mass is 10.0. The van der Waals surface area contributed by atoms with Gasteiger partial charge in [0.15, 0.2) is 0 Å². The van der Waals surface area contributed by atoms with Gasteiger partial charge in [0.25, 0.3) is 5.91 Å². The third-order valence-corrected chi connectivity index (χ3v) is 5.38. The minimum absolute atomic E-state index is 0.0955. The summed E-state index contributed by atoms with van der Waals surface area (Å²) in [6.07, 6.45) is 0. The number of carbonyl (C=O) groups is 2. The molecule has 2 aliphatic heterocycles. The minimum atomic E-state index is -0.460. The largest absolute Gasteiger partial charge is 0.379 e. The fraction of sp³-hybridized carbons (Fsp3) is 0.364. The number of carbonyl (C=O) groups excluding carboxylic acids is 2. The van der Waals surface area contributed by atoms with E-state index >= 15 is 0 Å². The van der Waals surface area contributed by atoms with Crippen molar-refractivity contribution in [1.29, 1.82) is 0 Å². The first-order valence-electron chi connectivity index (χ1n) is 9.84. The molecule has 2 saturated heterocycles. The number of piperazine rings is 1. The average Bonchev–Trinajstić information content (AvgIpc) is 2.74. The van der Waals surface area contributed by atoms with Crippen molar-refractivity contribution in [2.24, 2.45) is 0 Å². The van der Waals surface area contributed by atoms with Crippen LogP contribution in [0.2, 0.25) is 0 Å². The number of nitrogens with zero attached hydrogens (tertiary/aromatic N) is 3. The van der Waals surface area contributed by atoms with Crippen molar-refractivity contribution in [3.05, 3.63) is 59.7 Å². The molecule has 0 saturated carbocycles. The van der Waals surface area contributed by atoms with Gasteiger partial charge in [0, 0.05) is 26.2 Å². The van der Waals surface area contributed by atoms with Gasteiger partial charge in [-0.1, -0.05) is 48.5 Å². The first-order chi connectivity index (χ1) is 14.1. The van der Waals surface area contributed by atoms with Crippen LogP contribution >= 0.6 is 0 Å². The molecule has 2 aliphatic rings. The lowest BCUT2D eigenvalue weighted by molar-refractivity contribution is -0.181. The van der Waals surface area contributed by atoms with Gasteiger partial charge in [0.05, 0.1) is 13.2 Å². The highest BCUT2D eigenvalue weighted by molar-refractivity contribution is 5.91. The van der Waals surface area contributed by atoms with Crippen LogP contribution in [0.4, 0.5) is 0 Å². The SMILES string of the molecule is O=C1CN(Cc2ccc(-c3ccc(CN4CCOCC4)cc3)cc2)C(=O)CN1O. The Morgan fingerprint density at radius 2 is 1.31 bits per heavy atom. The molecular weight excluding hydrogens is 370 g/mol. The van der Waals surface area contributed by atoms with Gasteiger partial charge in [-0.15, -0.1) is 0 Å². The fourth-order valence-corrected chi connectivity index (χ4v) is 3.64. The van der Waals surface area contributed by atoms with Crippen LogP contribution in [0.3, 0.4) is 0 Å². The molecule has 0 atom stereocenters. The molecule has 7 nitrogen and oxygen atoms in total.